The first-order chi connectivity index (χ1) is 7.20. The summed E-state index contributed by atoms with van der Waals surface area (Å²) in [6.45, 7) is 1.90. The average Bonchev–Trinajstić information content (AvgIpc) is 2.08. The second kappa shape index (κ2) is 4.29. The topological polar surface area (TPSA) is 38.0 Å². The van der Waals surface area contributed by atoms with E-state index in [2.05, 4.69) is 5.43 Å². The number of hydrazine groups is 1. The van der Waals surface area contributed by atoms with Crippen molar-refractivity contribution in [3.63, 3.8) is 0 Å². The second-order valence-corrected chi connectivity index (χ2v) is 4.40. The molecular weight excluding hydrogens is 191 g/mol. The van der Waals surface area contributed by atoms with Gasteiger partial charge < -0.3 is 0 Å². The Labute approximate surface area is 89.6 Å². The quantitative estimate of drug-likeness (QED) is 0.591. The Kier molecular flexibility index (Phi) is 3.03. The molecule has 1 fully saturated rings. The molecule has 1 atom stereocenters. The van der Waals surface area contributed by atoms with Crippen molar-refractivity contribution >= 4 is 0 Å². The van der Waals surface area contributed by atoms with E-state index in [1.807, 2.05) is 13.0 Å². The van der Waals surface area contributed by atoms with Crippen molar-refractivity contribution in [1.29, 1.82) is 0 Å². The smallest absolute Gasteiger partial charge is 0.123 e. The van der Waals surface area contributed by atoms with Crippen LogP contribution >= 0.6 is 0 Å². The number of halogens is 1. The third kappa shape index (κ3) is 2.19. The van der Waals surface area contributed by atoms with Crippen LogP contribution in [0.1, 0.15) is 36.4 Å². The van der Waals surface area contributed by atoms with Crippen molar-refractivity contribution in [3.05, 3.63) is 35.1 Å². The lowest BCUT2D eigenvalue weighted by atomic mass is 9.77. The van der Waals surface area contributed by atoms with Crippen LogP contribution in [0.4, 0.5) is 4.39 Å². The molecule has 2 rings (SSSR count). The monoisotopic (exact) mass is 208 g/mol. The van der Waals surface area contributed by atoms with Crippen LogP contribution < -0.4 is 11.3 Å². The number of nitrogens with one attached hydrogen (secondary N) is 1. The van der Waals surface area contributed by atoms with Gasteiger partial charge >= 0.3 is 0 Å². The Hall–Kier alpha value is -0.930. The normalized spacial score (nSPS) is 18.6. The third-order valence-electron chi connectivity index (χ3n) is 3.22. The molecule has 15 heavy (non-hydrogen) atoms. The van der Waals surface area contributed by atoms with Crippen molar-refractivity contribution in [1.82, 2.24) is 5.43 Å². The van der Waals surface area contributed by atoms with Crippen LogP contribution in [0.15, 0.2) is 18.2 Å². The van der Waals surface area contributed by atoms with E-state index in [1.54, 1.807) is 6.07 Å². The van der Waals surface area contributed by atoms with E-state index < -0.39 is 0 Å². The van der Waals surface area contributed by atoms with Crippen molar-refractivity contribution < 1.29 is 4.39 Å². The third-order valence-corrected chi connectivity index (χ3v) is 3.22. The first kappa shape index (κ1) is 10.6. The van der Waals surface area contributed by atoms with E-state index in [9.17, 15) is 4.39 Å². The minimum absolute atomic E-state index is 0.105. The molecule has 0 aliphatic heterocycles. The standard InChI is InChI=1S/C12H17FN2/c1-8-5-10(7-11(13)6-8)12(15-14)9-3-2-4-9/h5-7,9,12,15H,2-4,14H2,1H3. The zero-order valence-corrected chi connectivity index (χ0v) is 8.96. The molecule has 0 saturated heterocycles. The van der Waals surface area contributed by atoms with E-state index in [1.165, 1.54) is 25.3 Å². The summed E-state index contributed by atoms with van der Waals surface area (Å²) in [6.07, 6.45) is 3.63. The fourth-order valence-electron chi connectivity index (χ4n) is 2.22. The number of benzene rings is 1. The Morgan fingerprint density at radius 1 is 1.40 bits per heavy atom. The molecule has 1 saturated carbocycles. The van der Waals surface area contributed by atoms with Crippen LogP contribution in [0.5, 0.6) is 0 Å². The lowest BCUT2D eigenvalue weighted by Gasteiger charge is -2.33. The summed E-state index contributed by atoms with van der Waals surface area (Å²) in [6, 6.07) is 5.23. The van der Waals surface area contributed by atoms with Crippen LogP contribution in [-0.4, -0.2) is 0 Å². The van der Waals surface area contributed by atoms with Gasteiger partial charge in [-0.2, -0.15) is 0 Å². The van der Waals surface area contributed by atoms with Crippen LogP contribution in [0, 0.1) is 18.7 Å². The molecule has 1 aromatic rings. The minimum Gasteiger partial charge on any atom is -0.271 e. The highest BCUT2D eigenvalue weighted by molar-refractivity contribution is 5.27. The Morgan fingerprint density at radius 3 is 2.60 bits per heavy atom. The summed E-state index contributed by atoms with van der Waals surface area (Å²) in [7, 11) is 0. The van der Waals surface area contributed by atoms with Gasteiger partial charge in [0, 0.05) is 6.04 Å². The highest BCUT2D eigenvalue weighted by atomic mass is 19.1. The molecule has 3 heteroatoms. The SMILES string of the molecule is Cc1cc(F)cc(C(NN)C2CCC2)c1. The van der Waals surface area contributed by atoms with Gasteiger partial charge in [-0.15, -0.1) is 0 Å². The summed E-state index contributed by atoms with van der Waals surface area (Å²) >= 11 is 0. The van der Waals surface area contributed by atoms with Gasteiger partial charge in [-0.1, -0.05) is 12.5 Å². The van der Waals surface area contributed by atoms with Gasteiger partial charge in [-0.3, -0.25) is 11.3 Å². The molecule has 0 radical (unpaired) electrons. The van der Waals surface area contributed by atoms with Crippen molar-refractivity contribution in [2.45, 2.75) is 32.2 Å². The van der Waals surface area contributed by atoms with Crippen molar-refractivity contribution in [3.8, 4) is 0 Å². The zero-order valence-electron chi connectivity index (χ0n) is 8.96. The number of nitrogens with two attached hydrogens (primary N) is 1. The van der Waals surface area contributed by atoms with Crippen molar-refractivity contribution in [2.24, 2.45) is 11.8 Å². The molecule has 82 valence electrons. The number of rotatable bonds is 3. The molecule has 1 aliphatic carbocycles. The van der Waals surface area contributed by atoms with Crippen molar-refractivity contribution in [2.75, 3.05) is 0 Å². The molecule has 1 aromatic carbocycles. The first-order valence-corrected chi connectivity index (χ1v) is 5.44. The largest absolute Gasteiger partial charge is 0.271 e. The summed E-state index contributed by atoms with van der Waals surface area (Å²) < 4.78 is 13.2. The molecule has 0 amide bonds. The van der Waals surface area contributed by atoms with Crippen LogP contribution in [0.25, 0.3) is 0 Å². The summed E-state index contributed by atoms with van der Waals surface area (Å²) in [5.74, 6) is 5.93. The predicted octanol–water partition coefficient (Wildman–Crippen LogP) is 2.44. The highest BCUT2D eigenvalue weighted by Gasteiger charge is 2.27. The Balaban J connectivity index is 2.24. The maximum Gasteiger partial charge on any atom is 0.123 e. The number of aryl methyl sites for hydroxylation is 1. The van der Waals surface area contributed by atoms with Gasteiger partial charge in [0.15, 0.2) is 0 Å². The van der Waals surface area contributed by atoms with E-state index in [0.29, 0.717) is 5.92 Å². The maximum absolute atomic E-state index is 13.2. The fraction of sp³-hybridized carbons (Fsp3) is 0.500. The summed E-state index contributed by atoms with van der Waals surface area (Å²) in [5, 5.41) is 0. The fourth-order valence-corrected chi connectivity index (χ4v) is 2.22. The summed E-state index contributed by atoms with van der Waals surface area (Å²) in [5.41, 5.74) is 4.73. The van der Waals surface area contributed by atoms with Gasteiger partial charge in [-0.25, -0.2) is 4.39 Å². The molecule has 2 nitrogen and oxygen atoms in total. The molecule has 3 N–H and O–H groups in total. The van der Waals surface area contributed by atoms with Crippen LogP contribution in [0.3, 0.4) is 0 Å². The lowest BCUT2D eigenvalue weighted by molar-refractivity contribution is 0.232. The van der Waals surface area contributed by atoms with Crippen LogP contribution in [-0.2, 0) is 0 Å². The molecule has 0 aromatic heterocycles. The van der Waals surface area contributed by atoms with Gasteiger partial charge in [-0.05, 0) is 48.9 Å². The minimum atomic E-state index is -0.176. The zero-order chi connectivity index (χ0) is 10.8. The summed E-state index contributed by atoms with van der Waals surface area (Å²) in [4.78, 5) is 0. The van der Waals surface area contributed by atoms with Gasteiger partial charge in [0.2, 0.25) is 0 Å². The van der Waals surface area contributed by atoms with Crippen LogP contribution in [0.2, 0.25) is 0 Å². The Bertz CT molecular complexity index is 327. The molecule has 1 unspecified atom stereocenters. The lowest BCUT2D eigenvalue weighted by Crippen LogP contribution is -2.36. The predicted molar refractivity (Wildman–Crippen MR) is 58.5 cm³/mol. The number of hydrogen-bond donors (Lipinski definition) is 2. The van der Waals surface area contributed by atoms with Gasteiger partial charge in [0.1, 0.15) is 5.82 Å². The van der Waals surface area contributed by atoms with Gasteiger partial charge in [0.05, 0.1) is 0 Å². The highest BCUT2D eigenvalue weighted by Crippen LogP contribution is 2.37. The Morgan fingerprint density at radius 2 is 2.13 bits per heavy atom. The van der Waals surface area contributed by atoms with E-state index in [-0.39, 0.29) is 11.9 Å². The average molecular weight is 208 g/mol. The van der Waals surface area contributed by atoms with E-state index in [4.69, 9.17) is 5.84 Å². The second-order valence-electron chi connectivity index (χ2n) is 4.40. The number of hydrogen-bond acceptors (Lipinski definition) is 2. The molecule has 0 bridgehead atoms. The van der Waals surface area contributed by atoms with E-state index in [0.717, 1.165) is 11.1 Å². The van der Waals surface area contributed by atoms with E-state index >= 15 is 0 Å². The first-order valence-electron chi connectivity index (χ1n) is 5.44. The molecule has 1 aliphatic rings. The molecule has 0 spiro atoms. The molecular formula is C12H17FN2. The molecule has 0 heterocycles. The van der Waals surface area contributed by atoms with Gasteiger partial charge in [0.25, 0.3) is 0 Å². The maximum atomic E-state index is 13.2.